The lowest BCUT2D eigenvalue weighted by atomic mass is 9.93. The van der Waals surface area contributed by atoms with E-state index in [2.05, 4.69) is 0 Å². The molecule has 1 aliphatic rings. The van der Waals surface area contributed by atoms with Crippen LogP contribution in [0.5, 0.6) is 0 Å². The van der Waals surface area contributed by atoms with Crippen LogP contribution in [0, 0.1) is 5.92 Å². The van der Waals surface area contributed by atoms with Gasteiger partial charge in [-0.1, -0.05) is 44.5 Å². The van der Waals surface area contributed by atoms with Gasteiger partial charge >= 0.3 is 11.9 Å². The predicted molar refractivity (Wildman–Crippen MR) is 98.5 cm³/mol. The zero-order chi connectivity index (χ0) is 19.1. The van der Waals surface area contributed by atoms with E-state index in [1.165, 1.54) is 5.56 Å². The number of aliphatic hydroxyl groups excluding tert-OH is 1. The zero-order valence-corrected chi connectivity index (χ0v) is 15.9. The molecule has 5 heteroatoms. The van der Waals surface area contributed by atoms with Crippen LogP contribution in [0.3, 0.4) is 0 Å². The third kappa shape index (κ3) is 5.56. The maximum Gasteiger partial charge on any atom is 0.316 e. The number of hydrogen-bond acceptors (Lipinski definition) is 5. The van der Waals surface area contributed by atoms with Crippen LogP contribution in [-0.4, -0.2) is 29.4 Å². The van der Waals surface area contributed by atoms with Crippen molar-refractivity contribution in [1.29, 1.82) is 0 Å². The zero-order valence-electron chi connectivity index (χ0n) is 15.9. The minimum absolute atomic E-state index is 0.194. The minimum atomic E-state index is -0.833. The number of carbonyl (C=O) groups excluding carboxylic acids is 2. The van der Waals surface area contributed by atoms with Crippen LogP contribution in [0.1, 0.15) is 69.9 Å². The molecule has 1 aliphatic carbocycles. The highest BCUT2D eigenvalue weighted by molar-refractivity contribution is 5.78. The molecular weight excluding hydrogens is 332 g/mol. The van der Waals surface area contributed by atoms with Crippen LogP contribution in [0.4, 0.5) is 0 Å². The molecule has 2 rings (SSSR count). The molecule has 26 heavy (non-hydrogen) atoms. The van der Waals surface area contributed by atoms with Gasteiger partial charge in [-0.25, -0.2) is 0 Å². The van der Waals surface area contributed by atoms with Crippen molar-refractivity contribution in [1.82, 2.24) is 0 Å². The van der Waals surface area contributed by atoms with Crippen LogP contribution in [0.2, 0.25) is 0 Å². The number of rotatable bonds is 8. The average molecular weight is 362 g/mol. The Morgan fingerprint density at radius 1 is 1.15 bits per heavy atom. The molecule has 0 radical (unpaired) electrons. The molecule has 0 spiro atoms. The molecule has 5 nitrogen and oxygen atoms in total. The number of benzene rings is 1. The molecule has 0 amide bonds. The van der Waals surface area contributed by atoms with Crippen molar-refractivity contribution >= 4 is 11.9 Å². The Balaban J connectivity index is 1.92. The van der Waals surface area contributed by atoms with E-state index < -0.39 is 18.2 Å². The molecule has 1 aromatic carbocycles. The number of hydrogen-bond donors (Lipinski definition) is 1. The molecular formula is C21H30O5. The van der Waals surface area contributed by atoms with Crippen LogP contribution in [0.25, 0.3) is 0 Å². The van der Waals surface area contributed by atoms with Crippen molar-refractivity contribution in [3.63, 3.8) is 0 Å². The van der Waals surface area contributed by atoms with Gasteiger partial charge < -0.3 is 14.6 Å². The molecule has 1 saturated carbocycles. The van der Waals surface area contributed by atoms with E-state index in [9.17, 15) is 14.7 Å². The second-order valence-corrected chi connectivity index (χ2v) is 7.04. The first-order valence-corrected chi connectivity index (χ1v) is 9.61. The van der Waals surface area contributed by atoms with E-state index in [0.29, 0.717) is 12.3 Å². The van der Waals surface area contributed by atoms with Crippen LogP contribution >= 0.6 is 0 Å². The molecule has 1 aromatic rings. The molecule has 0 saturated heterocycles. The summed E-state index contributed by atoms with van der Waals surface area (Å²) in [6.07, 6.45) is 3.57. The molecule has 0 heterocycles. The fourth-order valence-electron chi connectivity index (χ4n) is 3.29. The molecule has 1 unspecified atom stereocenters. The highest BCUT2D eigenvalue weighted by atomic mass is 16.7. The maximum atomic E-state index is 12.3. The number of carbonyl (C=O) groups is 2. The Bertz CT molecular complexity index is 595. The summed E-state index contributed by atoms with van der Waals surface area (Å²) < 4.78 is 10.4. The van der Waals surface area contributed by atoms with Crippen molar-refractivity contribution in [2.24, 2.45) is 5.92 Å². The Morgan fingerprint density at radius 3 is 2.38 bits per heavy atom. The number of ether oxygens (including phenoxy) is 2. The molecule has 4 atom stereocenters. The van der Waals surface area contributed by atoms with E-state index in [4.69, 9.17) is 9.47 Å². The van der Waals surface area contributed by atoms with Crippen molar-refractivity contribution in [3.8, 4) is 0 Å². The monoisotopic (exact) mass is 362 g/mol. The lowest BCUT2D eigenvalue weighted by Crippen LogP contribution is -2.26. The van der Waals surface area contributed by atoms with E-state index in [0.717, 1.165) is 31.2 Å². The third-order valence-electron chi connectivity index (χ3n) is 5.08. The third-order valence-corrected chi connectivity index (χ3v) is 5.08. The van der Waals surface area contributed by atoms with Crippen molar-refractivity contribution in [3.05, 3.63) is 35.4 Å². The average Bonchev–Trinajstić information content (AvgIpc) is 3.05. The number of esters is 2. The smallest absolute Gasteiger partial charge is 0.316 e. The van der Waals surface area contributed by atoms with Crippen LogP contribution < -0.4 is 0 Å². The van der Waals surface area contributed by atoms with Gasteiger partial charge in [-0.2, -0.15) is 0 Å². The minimum Gasteiger partial charge on any atom is -0.425 e. The molecule has 0 bridgehead atoms. The number of aliphatic hydroxyl groups is 1. The van der Waals surface area contributed by atoms with E-state index in [1.807, 2.05) is 24.3 Å². The maximum absolute atomic E-state index is 12.3. The fourth-order valence-corrected chi connectivity index (χ4v) is 3.29. The second-order valence-electron chi connectivity index (χ2n) is 7.04. The fraction of sp³-hybridized carbons (Fsp3) is 0.619. The summed E-state index contributed by atoms with van der Waals surface area (Å²) in [6.45, 7) is 5.29. The lowest BCUT2D eigenvalue weighted by molar-refractivity contribution is -0.189. The largest absolute Gasteiger partial charge is 0.425 e. The summed E-state index contributed by atoms with van der Waals surface area (Å²) in [6, 6.07) is 7.89. The molecule has 1 N–H and O–H groups in total. The highest BCUT2D eigenvalue weighted by Gasteiger charge is 2.26. The molecule has 144 valence electrons. The van der Waals surface area contributed by atoms with Crippen LogP contribution in [0.15, 0.2) is 24.3 Å². The first-order chi connectivity index (χ1) is 12.4. The van der Waals surface area contributed by atoms with Gasteiger partial charge in [-0.05, 0) is 43.2 Å². The van der Waals surface area contributed by atoms with Gasteiger partial charge in [0.25, 0.3) is 0 Å². The summed E-state index contributed by atoms with van der Waals surface area (Å²) >= 11 is 0. The highest BCUT2D eigenvalue weighted by Crippen LogP contribution is 2.29. The molecule has 0 aromatic heterocycles. The van der Waals surface area contributed by atoms with Gasteiger partial charge in [-0.15, -0.1) is 0 Å². The van der Waals surface area contributed by atoms with Gasteiger partial charge in [0.2, 0.25) is 6.29 Å². The SMILES string of the molecule is CCC(=O)OC(CC)OC(=O)[C@@H](C)c1ccc(C[C@H]2CCC[C@@H]2O)cc1. The second kappa shape index (κ2) is 9.72. The topological polar surface area (TPSA) is 72.8 Å². The lowest BCUT2D eigenvalue weighted by Gasteiger charge is -2.19. The van der Waals surface area contributed by atoms with E-state index in [-0.39, 0.29) is 18.5 Å². The van der Waals surface area contributed by atoms with Gasteiger partial charge in [0, 0.05) is 12.8 Å². The van der Waals surface area contributed by atoms with Gasteiger partial charge in [0.1, 0.15) is 0 Å². The van der Waals surface area contributed by atoms with Crippen molar-refractivity contribution in [2.45, 2.75) is 77.6 Å². The summed E-state index contributed by atoms with van der Waals surface area (Å²) in [5, 5.41) is 9.96. The Labute approximate surface area is 155 Å². The summed E-state index contributed by atoms with van der Waals surface area (Å²) in [4.78, 5) is 23.7. The van der Waals surface area contributed by atoms with Crippen molar-refractivity contribution < 1.29 is 24.2 Å². The standard InChI is InChI=1S/C21H30O5/c1-4-19(23)25-20(5-2)26-21(24)14(3)16-11-9-15(10-12-16)13-17-7-6-8-18(17)22/h9-12,14,17-18,20,22H,4-8,13H2,1-3H3/t14-,17+,18-,20?/m0/s1. The van der Waals surface area contributed by atoms with Gasteiger partial charge in [0.05, 0.1) is 12.0 Å². The normalized spacial score (nSPS) is 21.8. The van der Waals surface area contributed by atoms with Crippen LogP contribution in [-0.2, 0) is 25.5 Å². The van der Waals surface area contributed by atoms with E-state index in [1.54, 1.807) is 20.8 Å². The first kappa shape index (κ1) is 20.4. The Kier molecular flexibility index (Phi) is 7.64. The Morgan fingerprint density at radius 2 is 1.85 bits per heavy atom. The van der Waals surface area contributed by atoms with Crippen molar-refractivity contribution in [2.75, 3.05) is 0 Å². The van der Waals surface area contributed by atoms with Gasteiger partial charge in [-0.3, -0.25) is 9.59 Å². The first-order valence-electron chi connectivity index (χ1n) is 9.61. The van der Waals surface area contributed by atoms with E-state index >= 15 is 0 Å². The summed E-state index contributed by atoms with van der Waals surface area (Å²) in [7, 11) is 0. The predicted octanol–water partition coefficient (Wildman–Crippen LogP) is 3.73. The quantitative estimate of drug-likeness (QED) is 0.563. The van der Waals surface area contributed by atoms with Gasteiger partial charge in [0.15, 0.2) is 0 Å². The summed E-state index contributed by atoms with van der Waals surface area (Å²) in [5.41, 5.74) is 2.03. The molecule has 0 aliphatic heterocycles. The summed E-state index contributed by atoms with van der Waals surface area (Å²) in [5.74, 6) is -0.882. The molecule has 1 fully saturated rings. The Hall–Kier alpha value is -1.88.